The molecule has 0 saturated carbocycles. The molecule has 3 aliphatic rings. The van der Waals surface area contributed by atoms with Crippen molar-refractivity contribution in [2.45, 2.75) is 23.5 Å². The maximum atomic E-state index is 14.6. The smallest absolute Gasteiger partial charge is 0.250 e. The van der Waals surface area contributed by atoms with Crippen molar-refractivity contribution in [1.29, 1.82) is 0 Å². The fraction of sp³-hybridized carbons (Fsp3) is 0.455. The predicted molar refractivity (Wildman–Crippen MR) is 114 cm³/mol. The summed E-state index contributed by atoms with van der Waals surface area (Å²) in [4.78, 5) is 27.4. The Morgan fingerprint density at radius 2 is 1.85 bits per heavy atom. The molecule has 33 heavy (non-hydrogen) atoms. The van der Waals surface area contributed by atoms with Gasteiger partial charge in [-0.25, -0.2) is 12.8 Å². The number of nitrogens with zero attached hydrogens (tertiary/aromatic N) is 3. The highest BCUT2D eigenvalue weighted by atomic mass is 32.2. The largest absolute Gasteiger partial charge is 0.396 e. The van der Waals surface area contributed by atoms with Crippen molar-refractivity contribution >= 4 is 15.9 Å². The Labute approximate surface area is 190 Å². The van der Waals surface area contributed by atoms with Gasteiger partial charge in [0.15, 0.2) is 0 Å². The summed E-state index contributed by atoms with van der Waals surface area (Å²) in [5, 5.41) is 10.3. The van der Waals surface area contributed by atoms with Crippen molar-refractivity contribution in [2.75, 3.05) is 32.9 Å². The Kier molecular flexibility index (Phi) is 5.60. The lowest BCUT2D eigenvalue weighted by molar-refractivity contribution is -0.142. The standard InChI is InChI=1S/C22H24FN3O6S/c23-15-4-1-2-6-18(15)33(30,31)26-17-12-25-16(5-3-7-19(25)28)21(26)20(14(17)13-27)22(29)24-8-10-32-11-9-24/h1-7,14,17,20-21,27H,8-13H2/t14-,17-,20+,21+/m1/s1. The van der Waals surface area contributed by atoms with Crippen LogP contribution in [0.5, 0.6) is 0 Å². The van der Waals surface area contributed by atoms with Crippen LogP contribution in [-0.2, 0) is 26.1 Å². The molecule has 2 saturated heterocycles. The third kappa shape index (κ3) is 3.41. The van der Waals surface area contributed by atoms with E-state index in [1.165, 1.54) is 34.9 Å². The van der Waals surface area contributed by atoms with Crippen molar-refractivity contribution in [3.8, 4) is 0 Å². The molecule has 1 amide bonds. The summed E-state index contributed by atoms with van der Waals surface area (Å²) in [6.45, 7) is 0.956. The normalized spacial score (nSPS) is 27.4. The lowest BCUT2D eigenvalue weighted by Crippen LogP contribution is -2.49. The van der Waals surface area contributed by atoms with E-state index in [1.807, 2.05) is 0 Å². The number of fused-ring (bicyclic) bond motifs is 4. The first-order chi connectivity index (χ1) is 15.9. The minimum atomic E-state index is -4.39. The van der Waals surface area contributed by atoms with Gasteiger partial charge in [0.05, 0.1) is 25.2 Å². The molecule has 1 N–H and O–H groups in total. The van der Waals surface area contributed by atoms with Crippen molar-refractivity contribution in [3.63, 3.8) is 0 Å². The van der Waals surface area contributed by atoms with E-state index >= 15 is 0 Å². The van der Waals surface area contributed by atoms with Crippen LogP contribution in [0.3, 0.4) is 0 Å². The summed E-state index contributed by atoms with van der Waals surface area (Å²) in [6, 6.07) is 7.66. The fourth-order valence-corrected chi connectivity index (χ4v) is 7.29. The van der Waals surface area contributed by atoms with Crippen molar-refractivity contribution < 1.29 is 27.4 Å². The van der Waals surface area contributed by atoms with Crippen molar-refractivity contribution in [3.05, 3.63) is 64.3 Å². The van der Waals surface area contributed by atoms with Crippen molar-refractivity contribution in [2.24, 2.45) is 11.8 Å². The SMILES string of the molecule is O=C([C@H]1[C@H](CO)[C@H]2Cn3c(cccc3=O)[C@@H]1N2S(=O)(=O)c1ccccc1F)N1CCOCC1. The van der Waals surface area contributed by atoms with Gasteiger partial charge in [-0.15, -0.1) is 0 Å². The van der Waals surface area contributed by atoms with Gasteiger partial charge < -0.3 is 19.3 Å². The van der Waals surface area contributed by atoms with E-state index in [4.69, 9.17) is 4.74 Å². The minimum Gasteiger partial charge on any atom is -0.396 e. The van der Waals surface area contributed by atoms with E-state index in [1.54, 1.807) is 11.0 Å². The Bertz CT molecular complexity index is 1240. The van der Waals surface area contributed by atoms with Crippen LogP contribution in [0.1, 0.15) is 11.7 Å². The van der Waals surface area contributed by atoms with Gasteiger partial charge in [-0.3, -0.25) is 9.59 Å². The summed E-state index contributed by atoms with van der Waals surface area (Å²) < 4.78 is 50.0. The molecule has 0 aliphatic carbocycles. The molecule has 2 bridgehead atoms. The lowest BCUT2D eigenvalue weighted by atomic mass is 9.86. The van der Waals surface area contributed by atoms with Crippen LogP contribution < -0.4 is 5.56 Å². The first-order valence-corrected chi connectivity index (χ1v) is 12.3. The second-order valence-corrected chi connectivity index (χ2v) is 10.3. The molecule has 1 aromatic heterocycles. The Morgan fingerprint density at radius 1 is 1.12 bits per heavy atom. The number of aliphatic hydroxyl groups excluding tert-OH is 1. The van der Waals surface area contributed by atoms with Gasteiger partial charge in [0.25, 0.3) is 5.56 Å². The molecule has 2 fully saturated rings. The van der Waals surface area contributed by atoms with Gasteiger partial charge in [0.2, 0.25) is 15.9 Å². The zero-order chi connectivity index (χ0) is 23.3. The summed E-state index contributed by atoms with van der Waals surface area (Å²) in [7, 11) is -4.39. The van der Waals surface area contributed by atoms with Gasteiger partial charge in [0.1, 0.15) is 10.7 Å². The monoisotopic (exact) mass is 477 g/mol. The van der Waals surface area contributed by atoms with E-state index in [2.05, 4.69) is 0 Å². The number of rotatable bonds is 4. The van der Waals surface area contributed by atoms with Gasteiger partial charge in [-0.2, -0.15) is 4.31 Å². The maximum Gasteiger partial charge on any atom is 0.250 e. The summed E-state index contributed by atoms with van der Waals surface area (Å²) in [5.74, 6) is -2.88. The number of pyridine rings is 1. The highest BCUT2D eigenvalue weighted by Crippen LogP contribution is 2.51. The lowest BCUT2D eigenvalue weighted by Gasteiger charge is -2.37. The third-order valence-corrected chi connectivity index (χ3v) is 8.80. The average molecular weight is 478 g/mol. The number of morpholine rings is 1. The number of hydrogen-bond acceptors (Lipinski definition) is 6. The predicted octanol–water partition coefficient (Wildman–Crippen LogP) is 0.199. The van der Waals surface area contributed by atoms with E-state index in [9.17, 15) is 27.5 Å². The number of aliphatic hydroxyl groups is 1. The van der Waals surface area contributed by atoms with Gasteiger partial charge in [0, 0.05) is 50.0 Å². The number of carbonyl (C=O) groups is 1. The zero-order valence-electron chi connectivity index (χ0n) is 17.7. The molecule has 3 aliphatic heterocycles. The average Bonchev–Trinajstić information content (AvgIpc) is 3.07. The van der Waals surface area contributed by atoms with E-state index in [0.717, 1.165) is 10.4 Å². The van der Waals surface area contributed by atoms with E-state index < -0.39 is 51.3 Å². The molecule has 5 rings (SSSR count). The van der Waals surface area contributed by atoms with Crippen LogP contribution in [0.25, 0.3) is 0 Å². The molecule has 0 unspecified atom stereocenters. The summed E-state index contributed by atoms with van der Waals surface area (Å²) in [5.41, 5.74) is 0.0443. The number of aromatic nitrogens is 1. The molecular formula is C22H24FN3O6S. The van der Waals surface area contributed by atoms with Crippen LogP contribution in [0.4, 0.5) is 4.39 Å². The highest BCUT2D eigenvalue weighted by molar-refractivity contribution is 7.89. The topological polar surface area (TPSA) is 109 Å². The Morgan fingerprint density at radius 3 is 2.55 bits per heavy atom. The van der Waals surface area contributed by atoms with Gasteiger partial charge in [-0.1, -0.05) is 18.2 Å². The van der Waals surface area contributed by atoms with Crippen LogP contribution in [0, 0.1) is 17.7 Å². The molecule has 9 nitrogen and oxygen atoms in total. The van der Waals surface area contributed by atoms with E-state index in [-0.39, 0.29) is 18.0 Å². The Hall–Kier alpha value is -2.60. The molecule has 4 atom stereocenters. The second kappa shape index (κ2) is 8.32. The number of ether oxygens (including phenoxy) is 1. The Balaban J connectivity index is 1.68. The number of sulfonamides is 1. The summed E-state index contributed by atoms with van der Waals surface area (Å²) in [6.07, 6.45) is 0. The number of hydrogen-bond donors (Lipinski definition) is 1. The van der Waals surface area contributed by atoms with Crippen LogP contribution in [-0.4, -0.2) is 72.2 Å². The quantitative estimate of drug-likeness (QED) is 0.674. The zero-order valence-corrected chi connectivity index (χ0v) is 18.5. The van der Waals surface area contributed by atoms with Gasteiger partial charge >= 0.3 is 0 Å². The molecule has 2 aromatic rings. The molecular weight excluding hydrogens is 453 g/mol. The maximum absolute atomic E-state index is 14.6. The molecule has 4 heterocycles. The summed E-state index contributed by atoms with van der Waals surface area (Å²) >= 11 is 0. The number of amides is 1. The highest BCUT2D eigenvalue weighted by Gasteiger charge is 2.60. The fourth-order valence-electron chi connectivity index (χ4n) is 5.38. The minimum absolute atomic E-state index is 0.0304. The molecule has 0 radical (unpaired) electrons. The van der Waals surface area contributed by atoms with Crippen LogP contribution >= 0.6 is 0 Å². The first-order valence-electron chi connectivity index (χ1n) is 10.8. The number of carbonyl (C=O) groups excluding carboxylic acids is 1. The number of halogens is 1. The van der Waals surface area contributed by atoms with Crippen LogP contribution in [0.2, 0.25) is 0 Å². The third-order valence-electron chi connectivity index (χ3n) is 6.86. The second-order valence-electron chi connectivity index (χ2n) is 8.49. The molecule has 11 heteroatoms. The van der Waals surface area contributed by atoms with Gasteiger partial charge in [-0.05, 0) is 18.2 Å². The molecule has 1 aromatic carbocycles. The van der Waals surface area contributed by atoms with Crippen molar-refractivity contribution in [1.82, 2.24) is 13.8 Å². The van der Waals surface area contributed by atoms with Crippen LogP contribution in [0.15, 0.2) is 52.2 Å². The molecule has 176 valence electrons. The molecule has 0 spiro atoms. The first kappa shape index (κ1) is 22.2. The van der Waals surface area contributed by atoms with E-state index in [0.29, 0.717) is 32.0 Å². The number of benzene rings is 1.